The lowest BCUT2D eigenvalue weighted by molar-refractivity contribution is 0.0475. The average molecular weight is 367 g/mol. The summed E-state index contributed by atoms with van der Waals surface area (Å²) in [5, 5.41) is 6.84. The molecule has 0 aliphatic rings. The fourth-order valence-electron chi connectivity index (χ4n) is 2.30. The topological polar surface area (TPSA) is 84.9 Å². The van der Waals surface area contributed by atoms with E-state index in [9.17, 15) is 9.59 Å². The van der Waals surface area contributed by atoms with Crippen LogP contribution in [-0.2, 0) is 4.74 Å². The van der Waals surface area contributed by atoms with Crippen LogP contribution >= 0.6 is 11.8 Å². The van der Waals surface area contributed by atoms with Crippen molar-refractivity contribution in [1.82, 2.24) is 15.2 Å². The van der Waals surface area contributed by atoms with Gasteiger partial charge in [0, 0.05) is 16.0 Å². The Hall–Kier alpha value is -2.93. The third-order valence-corrected chi connectivity index (χ3v) is 4.47. The lowest BCUT2D eigenvalue weighted by Crippen LogP contribution is -2.14. The van der Waals surface area contributed by atoms with Gasteiger partial charge < -0.3 is 4.74 Å². The van der Waals surface area contributed by atoms with Gasteiger partial charge >= 0.3 is 5.97 Å². The molecule has 0 amide bonds. The van der Waals surface area contributed by atoms with Gasteiger partial charge in [-0.05, 0) is 37.4 Å². The molecule has 0 fully saturated rings. The minimum Gasteiger partial charge on any atom is -0.454 e. The Morgan fingerprint density at radius 1 is 1.04 bits per heavy atom. The van der Waals surface area contributed by atoms with Crippen molar-refractivity contribution in [3.63, 3.8) is 0 Å². The van der Waals surface area contributed by atoms with Crippen molar-refractivity contribution in [3.8, 4) is 11.4 Å². The van der Waals surface area contributed by atoms with Gasteiger partial charge in [0.15, 0.2) is 18.2 Å². The Balaban J connectivity index is 1.59. The molecule has 1 heterocycles. The second-order valence-corrected chi connectivity index (χ2v) is 6.43. The zero-order valence-corrected chi connectivity index (χ0v) is 15.2. The number of thioether (sulfide) groups is 1. The number of carbonyl (C=O) groups excluding carboxylic acids is 2. The third kappa shape index (κ3) is 4.18. The number of aromatic amines is 1. The van der Waals surface area contributed by atoms with Crippen LogP contribution in [0.3, 0.4) is 0 Å². The third-order valence-electron chi connectivity index (χ3n) is 3.72. The smallest absolute Gasteiger partial charge is 0.338 e. The van der Waals surface area contributed by atoms with Crippen LogP contribution in [0, 0.1) is 6.92 Å². The molecule has 0 aliphatic carbocycles. The molecule has 0 aliphatic heterocycles. The molecule has 0 unspecified atom stereocenters. The maximum atomic E-state index is 12.1. The molecule has 0 bridgehead atoms. The summed E-state index contributed by atoms with van der Waals surface area (Å²) in [6, 6.07) is 13.9. The highest BCUT2D eigenvalue weighted by molar-refractivity contribution is 7.98. The standard InChI is InChI=1S/C19H17N3O3S/c1-12-20-18(22-21-12)14-3-5-15(6-4-14)19(24)25-11-17(23)13-7-9-16(26-2)10-8-13/h3-10H,11H2,1-2H3,(H,20,21,22). The average Bonchev–Trinajstić information content (AvgIpc) is 3.12. The number of benzene rings is 2. The molecule has 1 aromatic heterocycles. The van der Waals surface area contributed by atoms with Crippen LogP contribution in [-0.4, -0.2) is 39.8 Å². The number of nitrogens with one attached hydrogen (secondary N) is 1. The van der Waals surface area contributed by atoms with Gasteiger partial charge in [0.05, 0.1) is 5.56 Å². The monoisotopic (exact) mass is 367 g/mol. The molecule has 7 heteroatoms. The SMILES string of the molecule is CSc1ccc(C(=O)COC(=O)c2ccc(-c3n[nH]c(C)n3)cc2)cc1. The van der Waals surface area contributed by atoms with Crippen molar-refractivity contribution in [2.45, 2.75) is 11.8 Å². The van der Waals surface area contributed by atoms with E-state index < -0.39 is 5.97 Å². The van der Waals surface area contributed by atoms with E-state index in [1.165, 1.54) is 0 Å². The summed E-state index contributed by atoms with van der Waals surface area (Å²) < 4.78 is 5.12. The van der Waals surface area contributed by atoms with Crippen LogP contribution in [0.5, 0.6) is 0 Å². The Morgan fingerprint density at radius 3 is 2.27 bits per heavy atom. The minimum atomic E-state index is -0.545. The fourth-order valence-corrected chi connectivity index (χ4v) is 2.71. The summed E-state index contributed by atoms with van der Waals surface area (Å²) in [6.45, 7) is 1.52. The number of hydrogen-bond donors (Lipinski definition) is 1. The number of ether oxygens (including phenoxy) is 1. The molecule has 6 nitrogen and oxygen atoms in total. The van der Waals surface area contributed by atoms with Crippen molar-refractivity contribution < 1.29 is 14.3 Å². The largest absolute Gasteiger partial charge is 0.454 e. The molecule has 132 valence electrons. The maximum absolute atomic E-state index is 12.1. The molecule has 0 radical (unpaired) electrons. The highest BCUT2D eigenvalue weighted by Gasteiger charge is 2.13. The predicted octanol–water partition coefficient (Wildman–Crippen LogP) is 3.54. The number of rotatable bonds is 6. The van der Waals surface area contributed by atoms with Crippen molar-refractivity contribution in [1.29, 1.82) is 0 Å². The molecule has 2 aromatic carbocycles. The summed E-state index contributed by atoms with van der Waals surface area (Å²) in [4.78, 5) is 29.5. The van der Waals surface area contributed by atoms with Crippen LogP contribution in [0.4, 0.5) is 0 Å². The number of aryl methyl sites for hydroxylation is 1. The molecule has 26 heavy (non-hydrogen) atoms. The summed E-state index contributed by atoms with van der Waals surface area (Å²) in [7, 11) is 0. The molecular weight excluding hydrogens is 350 g/mol. The fraction of sp³-hybridized carbons (Fsp3) is 0.158. The number of carbonyl (C=O) groups is 2. The molecule has 0 spiro atoms. The van der Waals surface area contributed by atoms with Gasteiger partial charge in [-0.1, -0.05) is 24.3 Å². The number of hydrogen-bond acceptors (Lipinski definition) is 6. The van der Waals surface area contributed by atoms with Gasteiger partial charge in [-0.2, -0.15) is 5.10 Å². The van der Waals surface area contributed by atoms with Gasteiger partial charge in [-0.15, -0.1) is 11.8 Å². The summed E-state index contributed by atoms with van der Waals surface area (Å²) in [5.74, 6) is 0.495. The van der Waals surface area contributed by atoms with Crippen molar-refractivity contribution in [3.05, 3.63) is 65.5 Å². The number of H-pyrrole nitrogens is 1. The number of nitrogens with zero attached hydrogens (tertiary/aromatic N) is 2. The molecule has 3 rings (SSSR count). The quantitative estimate of drug-likeness (QED) is 0.407. The van der Waals surface area contributed by atoms with Gasteiger partial charge in [0.1, 0.15) is 5.82 Å². The van der Waals surface area contributed by atoms with Gasteiger partial charge in [0.2, 0.25) is 0 Å². The van der Waals surface area contributed by atoms with E-state index in [1.807, 2.05) is 25.3 Å². The first-order valence-corrected chi connectivity index (χ1v) is 9.13. The molecule has 3 aromatic rings. The first kappa shape index (κ1) is 17.9. The summed E-state index contributed by atoms with van der Waals surface area (Å²) in [6.07, 6.45) is 1.97. The molecule has 0 atom stereocenters. The van der Waals surface area contributed by atoms with Crippen LogP contribution in [0.2, 0.25) is 0 Å². The minimum absolute atomic E-state index is 0.237. The molecular formula is C19H17N3O3S. The zero-order valence-electron chi connectivity index (χ0n) is 14.4. The Bertz CT molecular complexity index is 918. The van der Waals surface area contributed by atoms with E-state index >= 15 is 0 Å². The summed E-state index contributed by atoms with van der Waals surface area (Å²) >= 11 is 1.60. The number of aromatic nitrogens is 3. The van der Waals surface area contributed by atoms with E-state index in [4.69, 9.17) is 4.74 Å². The maximum Gasteiger partial charge on any atom is 0.338 e. The molecule has 0 saturated heterocycles. The van der Waals surface area contributed by atoms with E-state index in [2.05, 4.69) is 15.2 Å². The highest BCUT2D eigenvalue weighted by Crippen LogP contribution is 2.17. The molecule has 1 N–H and O–H groups in total. The second-order valence-electron chi connectivity index (χ2n) is 5.55. The highest BCUT2D eigenvalue weighted by atomic mass is 32.2. The zero-order chi connectivity index (χ0) is 18.5. The normalized spacial score (nSPS) is 10.5. The van der Waals surface area contributed by atoms with E-state index in [0.29, 0.717) is 22.8 Å². The number of esters is 1. The number of Topliss-reactive ketones (excluding diaryl/α,β-unsaturated/α-hetero) is 1. The predicted molar refractivity (Wildman–Crippen MR) is 99.4 cm³/mol. The van der Waals surface area contributed by atoms with E-state index in [-0.39, 0.29) is 12.4 Å². The summed E-state index contributed by atoms with van der Waals surface area (Å²) in [5.41, 5.74) is 1.67. The first-order chi connectivity index (χ1) is 12.6. The van der Waals surface area contributed by atoms with Crippen molar-refractivity contribution in [2.75, 3.05) is 12.9 Å². The van der Waals surface area contributed by atoms with Crippen LogP contribution < -0.4 is 0 Å². The van der Waals surface area contributed by atoms with Gasteiger partial charge in [-0.25, -0.2) is 9.78 Å². The molecule has 0 saturated carbocycles. The van der Waals surface area contributed by atoms with Gasteiger partial charge in [0.25, 0.3) is 0 Å². The van der Waals surface area contributed by atoms with Gasteiger partial charge in [-0.3, -0.25) is 9.89 Å². The van der Waals surface area contributed by atoms with Crippen molar-refractivity contribution in [2.24, 2.45) is 0 Å². The first-order valence-electron chi connectivity index (χ1n) is 7.90. The van der Waals surface area contributed by atoms with E-state index in [0.717, 1.165) is 10.5 Å². The number of ketones is 1. The second kappa shape index (κ2) is 7.97. The van der Waals surface area contributed by atoms with Crippen LogP contribution in [0.1, 0.15) is 26.5 Å². The Kier molecular flexibility index (Phi) is 5.48. The Labute approximate surface area is 155 Å². The Morgan fingerprint density at radius 2 is 1.69 bits per heavy atom. The van der Waals surface area contributed by atoms with E-state index in [1.54, 1.807) is 48.2 Å². The lowest BCUT2D eigenvalue weighted by atomic mass is 10.1. The van der Waals surface area contributed by atoms with Crippen LogP contribution in [0.25, 0.3) is 11.4 Å². The lowest BCUT2D eigenvalue weighted by Gasteiger charge is -2.05. The van der Waals surface area contributed by atoms with Crippen molar-refractivity contribution >= 4 is 23.5 Å². The van der Waals surface area contributed by atoms with Crippen LogP contribution in [0.15, 0.2) is 53.4 Å².